The van der Waals surface area contributed by atoms with Gasteiger partial charge in [0.2, 0.25) is 5.88 Å². The SMILES string of the molecule is CO/N=C1\CCCc2[nH]nc(C(=O)Nc3cccc(OC(C)N(C)C)n3)c21. The first-order valence-electron chi connectivity index (χ1n) is 8.78. The van der Waals surface area contributed by atoms with Crippen LogP contribution < -0.4 is 10.1 Å². The lowest BCUT2D eigenvalue weighted by atomic mass is 9.93. The fraction of sp³-hybridized carbons (Fsp3) is 0.444. The van der Waals surface area contributed by atoms with Crippen LogP contribution >= 0.6 is 0 Å². The molecule has 3 rings (SSSR count). The molecule has 1 aliphatic rings. The Morgan fingerprint density at radius 2 is 2.19 bits per heavy atom. The predicted molar refractivity (Wildman–Crippen MR) is 101 cm³/mol. The van der Waals surface area contributed by atoms with Crippen LogP contribution in [0.25, 0.3) is 0 Å². The third kappa shape index (κ3) is 4.25. The number of oxime groups is 1. The Balaban J connectivity index is 1.79. The number of nitrogens with zero attached hydrogens (tertiary/aromatic N) is 4. The summed E-state index contributed by atoms with van der Waals surface area (Å²) in [5.74, 6) is 0.462. The molecule has 1 amide bonds. The minimum absolute atomic E-state index is 0.144. The summed E-state index contributed by atoms with van der Waals surface area (Å²) >= 11 is 0. The van der Waals surface area contributed by atoms with Crippen molar-refractivity contribution in [1.82, 2.24) is 20.1 Å². The van der Waals surface area contributed by atoms with Gasteiger partial charge < -0.3 is 14.9 Å². The number of carbonyl (C=O) groups is 1. The lowest BCUT2D eigenvalue weighted by molar-refractivity contribution is 0.0770. The standard InChI is InChI=1S/C18H24N6O3/c1-11(24(2)3)27-15-10-6-9-14(19-15)20-18(25)17-16-12(21-22-17)7-5-8-13(16)23-26-4/h6,9-11H,5,7-8H2,1-4H3,(H,21,22)(H,19,20,25)/b23-13+. The van der Waals surface area contributed by atoms with Crippen LogP contribution in [0.5, 0.6) is 5.88 Å². The van der Waals surface area contributed by atoms with Crippen LogP contribution in [0.4, 0.5) is 5.82 Å². The highest BCUT2D eigenvalue weighted by Gasteiger charge is 2.27. The molecular formula is C18H24N6O3. The number of fused-ring (bicyclic) bond motifs is 1. The number of amides is 1. The first kappa shape index (κ1) is 18.8. The quantitative estimate of drug-likeness (QED) is 0.594. The largest absolute Gasteiger partial charge is 0.459 e. The van der Waals surface area contributed by atoms with E-state index in [2.05, 4.69) is 25.7 Å². The molecule has 2 N–H and O–H groups in total. The van der Waals surface area contributed by atoms with Gasteiger partial charge in [0, 0.05) is 11.8 Å². The molecule has 144 valence electrons. The topological polar surface area (TPSA) is 105 Å². The molecule has 0 saturated carbocycles. The summed E-state index contributed by atoms with van der Waals surface area (Å²) < 4.78 is 5.73. The van der Waals surface area contributed by atoms with Crippen LogP contribution in [0.2, 0.25) is 0 Å². The maximum Gasteiger partial charge on any atom is 0.278 e. The van der Waals surface area contributed by atoms with Crippen LogP contribution in [0.3, 0.4) is 0 Å². The molecule has 2 heterocycles. The second-order valence-electron chi connectivity index (χ2n) is 6.50. The zero-order chi connectivity index (χ0) is 19.4. The van der Waals surface area contributed by atoms with Gasteiger partial charge in [-0.2, -0.15) is 10.1 Å². The number of aryl methyl sites for hydroxylation is 1. The van der Waals surface area contributed by atoms with Gasteiger partial charge in [-0.25, -0.2) is 0 Å². The molecule has 0 aromatic carbocycles. The number of hydrogen-bond acceptors (Lipinski definition) is 7. The molecule has 1 atom stereocenters. The van der Waals surface area contributed by atoms with Crippen molar-refractivity contribution < 1.29 is 14.4 Å². The van der Waals surface area contributed by atoms with E-state index in [0.29, 0.717) is 17.3 Å². The number of aromatic nitrogens is 3. The number of anilines is 1. The molecule has 0 fully saturated rings. The highest BCUT2D eigenvalue weighted by atomic mass is 16.6. The summed E-state index contributed by atoms with van der Waals surface area (Å²) in [4.78, 5) is 23.9. The van der Waals surface area contributed by atoms with Crippen molar-refractivity contribution in [3.8, 4) is 5.88 Å². The van der Waals surface area contributed by atoms with E-state index in [1.165, 1.54) is 7.11 Å². The maximum atomic E-state index is 12.8. The molecule has 0 saturated heterocycles. The van der Waals surface area contributed by atoms with Gasteiger partial charge in [0.1, 0.15) is 12.9 Å². The van der Waals surface area contributed by atoms with Crippen molar-refractivity contribution >= 4 is 17.4 Å². The van der Waals surface area contributed by atoms with E-state index in [-0.39, 0.29) is 17.8 Å². The Morgan fingerprint density at radius 1 is 1.37 bits per heavy atom. The fourth-order valence-electron chi connectivity index (χ4n) is 2.80. The van der Waals surface area contributed by atoms with E-state index in [1.807, 2.05) is 25.9 Å². The second-order valence-corrected chi connectivity index (χ2v) is 6.50. The number of ether oxygens (including phenoxy) is 1. The molecule has 9 heteroatoms. The number of rotatable bonds is 6. The van der Waals surface area contributed by atoms with E-state index in [1.54, 1.807) is 18.2 Å². The van der Waals surface area contributed by atoms with Gasteiger partial charge in [-0.3, -0.25) is 14.8 Å². The zero-order valence-electron chi connectivity index (χ0n) is 15.9. The summed E-state index contributed by atoms with van der Waals surface area (Å²) in [5, 5.41) is 13.9. The summed E-state index contributed by atoms with van der Waals surface area (Å²) in [6, 6.07) is 5.22. The first-order chi connectivity index (χ1) is 13.0. The van der Waals surface area contributed by atoms with E-state index in [9.17, 15) is 4.79 Å². The predicted octanol–water partition coefficient (Wildman–Crippen LogP) is 2.03. The monoisotopic (exact) mass is 372 g/mol. The molecule has 1 unspecified atom stereocenters. The molecule has 0 bridgehead atoms. The van der Waals surface area contributed by atoms with Crippen LogP contribution in [-0.2, 0) is 11.3 Å². The molecular weight excluding hydrogens is 348 g/mol. The summed E-state index contributed by atoms with van der Waals surface area (Å²) in [6.45, 7) is 1.92. The highest BCUT2D eigenvalue weighted by Crippen LogP contribution is 2.24. The van der Waals surface area contributed by atoms with E-state index >= 15 is 0 Å². The van der Waals surface area contributed by atoms with Gasteiger partial charge in [-0.15, -0.1) is 0 Å². The minimum Gasteiger partial charge on any atom is -0.459 e. The summed E-state index contributed by atoms with van der Waals surface area (Å²) in [6.07, 6.45) is 2.35. The fourth-order valence-corrected chi connectivity index (χ4v) is 2.80. The zero-order valence-corrected chi connectivity index (χ0v) is 15.9. The van der Waals surface area contributed by atoms with Crippen molar-refractivity contribution in [1.29, 1.82) is 0 Å². The molecule has 0 spiro atoms. The molecule has 2 aromatic rings. The number of aromatic amines is 1. The van der Waals surface area contributed by atoms with Crippen LogP contribution in [0.1, 0.15) is 41.5 Å². The Bertz CT molecular complexity index is 845. The number of H-pyrrole nitrogens is 1. The van der Waals surface area contributed by atoms with Gasteiger partial charge in [-0.1, -0.05) is 11.2 Å². The lowest BCUT2D eigenvalue weighted by Gasteiger charge is -2.20. The molecule has 1 aliphatic carbocycles. The minimum atomic E-state index is -0.358. The van der Waals surface area contributed by atoms with Gasteiger partial charge in [0.25, 0.3) is 5.91 Å². The normalized spacial score (nSPS) is 16.1. The third-order valence-electron chi connectivity index (χ3n) is 4.37. The lowest BCUT2D eigenvalue weighted by Crippen LogP contribution is -2.30. The smallest absolute Gasteiger partial charge is 0.278 e. The highest BCUT2D eigenvalue weighted by molar-refractivity contribution is 6.13. The van der Waals surface area contributed by atoms with Crippen molar-refractivity contribution in [2.24, 2.45) is 5.16 Å². The van der Waals surface area contributed by atoms with Crippen LogP contribution in [0, 0.1) is 0 Å². The summed E-state index contributed by atoms with van der Waals surface area (Å²) in [5.41, 5.74) is 2.62. The molecule has 27 heavy (non-hydrogen) atoms. The first-order valence-corrected chi connectivity index (χ1v) is 8.78. The van der Waals surface area contributed by atoms with E-state index in [4.69, 9.17) is 9.57 Å². The molecule has 0 aliphatic heterocycles. The number of carbonyl (C=O) groups excluding carboxylic acids is 1. The summed E-state index contributed by atoms with van der Waals surface area (Å²) in [7, 11) is 5.32. The molecule has 9 nitrogen and oxygen atoms in total. The van der Waals surface area contributed by atoms with Crippen molar-refractivity contribution in [3.63, 3.8) is 0 Å². The second kappa shape index (κ2) is 8.17. The Hall–Kier alpha value is -2.94. The van der Waals surface area contributed by atoms with Crippen molar-refractivity contribution in [3.05, 3.63) is 35.2 Å². The Labute approximate surface area is 157 Å². The Morgan fingerprint density at radius 3 is 2.93 bits per heavy atom. The van der Waals surface area contributed by atoms with Gasteiger partial charge >= 0.3 is 0 Å². The third-order valence-corrected chi connectivity index (χ3v) is 4.37. The molecule has 2 aromatic heterocycles. The van der Waals surface area contributed by atoms with E-state index in [0.717, 1.165) is 30.7 Å². The van der Waals surface area contributed by atoms with Gasteiger partial charge in [0.15, 0.2) is 11.9 Å². The maximum absolute atomic E-state index is 12.8. The average molecular weight is 372 g/mol. The number of pyridine rings is 1. The van der Waals surface area contributed by atoms with Crippen LogP contribution in [0.15, 0.2) is 23.4 Å². The van der Waals surface area contributed by atoms with Crippen molar-refractivity contribution in [2.75, 3.05) is 26.5 Å². The van der Waals surface area contributed by atoms with Crippen molar-refractivity contribution in [2.45, 2.75) is 32.4 Å². The van der Waals surface area contributed by atoms with Gasteiger partial charge in [-0.05, 0) is 46.3 Å². The number of nitrogens with one attached hydrogen (secondary N) is 2. The van der Waals surface area contributed by atoms with Gasteiger partial charge in [0.05, 0.1) is 11.3 Å². The Kier molecular flexibility index (Phi) is 5.70. The van der Waals surface area contributed by atoms with E-state index < -0.39 is 0 Å². The molecule has 0 radical (unpaired) electrons. The average Bonchev–Trinajstić information content (AvgIpc) is 3.07. The number of hydrogen-bond donors (Lipinski definition) is 2. The van der Waals surface area contributed by atoms with Crippen LogP contribution in [-0.4, -0.2) is 59.1 Å².